The van der Waals surface area contributed by atoms with Crippen molar-refractivity contribution in [3.8, 4) is 5.75 Å². The van der Waals surface area contributed by atoms with Gasteiger partial charge in [0.15, 0.2) is 0 Å². The maximum Gasteiger partial charge on any atom is 0.225 e. The molecule has 2 saturated heterocycles. The molecule has 2 aliphatic heterocycles. The summed E-state index contributed by atoms with van der Waals surface area (Å²) in [4.78, 5) is 26.6. The molecule has 3 atom stereocenters. The predicted molar refractivity (Wildman–Crippen MR) is 102 cm³/mol. The molecule has 0 aromatic heterocycles. The van der Waals surface area contributed by atoms with E-state index in [2.05, 4.69) is 17.6 Å². The van der Waals surface area contributed by atoms with E-state index >= 15 is 0 Å². The van der Waals surface area contributed by atoms with Crippen LogP contribution in [0.4, 0.5) is 0 Å². The topological polar surface area (TPSA) is 70.7 Å². The van der Waals surface area contributed by atoms with Crippen molar-refractivity contribution in [3.63, 3.8) is 0 Å². The Hall–Kier alpha value is -1.79. The van der Waals surface area contributed by atoms with E-state index in [4.69, 9.17) is 4.74 Å². The molecule has 1 aromatic carbocycles. The summed E-state index contributed by atoms with van der Waals surface area (Å²) in [6, 6.07) is 8.33. The minimum atomic E-state index is -0.240. The number of nitrogens with zero attached hydrogens (tertiary/aromatic N) is 1. The Morgan fingerprint density at radius 1 is 1.35 bits per heavy atom. The number of amides is 2. The monoisotopic (exact) mass is 381 g/mol. The quantitative estimate of drug-likeness (QED) is 0.814. The molecule has 7 heteroatoms. The molecule has 3 unspecified atom stereocenters. The minimum Gasteiger partial charge on any atom is -0.497 e. The maximum atomic E-state index is 12.5. The first kappa shape index (κ1) is 20.5. The Kier molecular flexibility index (Phi) is 7.29. The lowest BCUT2D eigenvalue weighted by atomic mass is 9.99. The molecule has 0 aliphatic carbocycles. The third-order valence-corrected chi connectivity index (χ3v) is 5.09. The van der Waals surface area contributed by atoms with Crippen LogP contribution in [0.15, 0.2) is 24.3 Å². The van der Waals surface area contributed by atoms with E-state index in [1.165, 1.54) is 0 Å². The van der Waals surface area contributed by atoms with Crippen LogP contribution in [-0.4, -0.2) is 49.0 Å². The lowest BCUT2D eigenvalue weighted by Gasteiger charge is -2.29. The van der Waals surface area contributed by atoms with Gasteiger partial charge in [-0.2, -0.15) is 0 Å². The van der Waals surface area contributed by atoms with Crippen molar-refractivity contribution >= 4 is 24.2 Å². The van der Waals surface area contributed by atoms with Gasteiger partial charge in [0.1, 0.15) is 5.75 Å². The Balaban J connectivity index is 0.00000243. The number of rotatable bonds is 5. The van der Waals surface area contributed by atoms with Crippen LogP contribution in [0, 0.1) is 5.92 Å². The second-order valence-electron chi connectivity index (χ2n) is 7.11. The third-order valence-electron chi connectivity index (χ3n) is 5.09. The molecule has 144 valence electrons. The fraction of sp³-hybridized carbons (Fsp3) is 0.579. The number of carbonyl (C=O) groups is 2. The maximum absolute atomic E-state index is 12.5. The predicted octanol–water partition coefficient (Wildman–Crippen LogP) is 1.72. The van der Waals surface area contributed by atoms with Crippen molar-refractivity contribution < 1.29 is 14.3 Å². The van der Waals surface area contributed by atoms with Crippen LogP contribution in [0.3, 0.4) is 0 Å². The average molecular weight is 382 g/mol. The SMILES string of the molecule is COc1ccc(CN2CC(C(=O)NC3CCNC(C)C3)CC2=O)cc1.Cl. The normalized spacial score (nSPS) is 25.5. The van der Waals surface area contributed by atoms with Gasteiger partial charge in [0.2, 0.25) is 11.8 Å². The molecule has 0 saturated carbocycles. The van der Waals surface area contributed by atoms with E-state index in [0.29, 0.717) is 25.6 Å². The van der Waals surface area contributed by atoms with Gasteiger partial charge in [-0.15, -0.1) is 12.4 Å². The fourth-order valence-electron chi connectivity index (χ4n) is 3.63. The summed E-state index contributed by atoms with van der Waals surface area (Å²) < 4.78 is 5.15. The smallest absolute Gasteiger partial charge is 0.225 e. The summed E-state index contributed by atoms with van der Waals surface area (Å²) in [7, 11) is 1.63. The number of nitrogens with one attached hydrogen (secondary N) is 2. The largest absolute Gasteiger partial charge is 0.497 e. The Morgan fingerprint density at radius 2 is 2.08 bits per heavy atom. The fourth-order valence-corrected chi connectivity index (χ4v) is 3.63. The zero-order chi connectivity index (χ0) is 17.8. The van der Waals surface area contributed by atoms with Crippen LogP contribution in [0.25, 0.3) is 0 Å². The number of hydrogen-bond acceptors (Lipinski definition) is 4. The zero-order valence-electron chi connectivity index (χ0n) is 15.4. The summed E-state index contributed by atoms with van der Waals surface area (Å²) in [5.41, 5.74) is 1.04. The van der Waals surface area contributed by atoms with Crippen LogP contribution in [0.1, 0.15) is 31.7 Å². The first-order valence-electron chi connectivity index (χ1n) is 8.99. The van der Waals surface area contributed by atoms with Crippen LogP contribution in [-0.2, 0) is 16.1 Å². The van der Waals surface area contributed by atoms with Gasteiger partial charge in [0.05, 0.1) is 13.0 Å². The number of hydrogen-bond donors (Lipinski definition) is 2. The highest BCUT2D eigenvalue weighted by molar-refractivity contribution is 5.89. The van der Waals surface area contributed by atoms with Crippen LogP contribution < -0.4 is 15.4 Å². The summed E-state index contributed by atoms with van der Waals surface area (Å²) >= 11 is 0. The van der Waals surface area contributed by atoms with Crippen molar-refractivity contribution in [2.45, 2.75) is 44.8 Å². The standard InChI is InChI=1S/C19H27N3O3.ClH/c1-13-9-16(7-8-20-13)21-19(24)15-10-18(23)22(12-15)11-14-3-5-17(25-2)6-4-14;/h3-6,13,15-16,20H,7-12H2,1-2H3,(H,21,24);1H. The summed E-state index contributed by atoms with van der Waals surface area (Å²) in [6.45, 7) is 4.10. The van der Waals surface area contributed by atoms with E-state index in [9.17, 15) is 9.59 Å². The van der Waals surface area contributed by atoms with Crippen molar-refractivity contribution in [2.75, 3.05) is 20.2 Å². The number of piperidine rings is 1. The van der Waals surface area contributed by atoms with E-state index < -0.39 is 0 Å². The number of ether oxygens (including phenoxy) is 1. The highest BCUT2D eigenvalue weighted by atomic mass is 35.5. The second-order valence-corrected chi connectivity index (χ2v) is 7.11. The van der Waals surface area contributed by atoms with Crippen LogP contribution >= 0.6 is 12.4 Å². The third kappa shape index (κ3) is 5.11. The van der Waals surface area contributed by atoms with Gasteiger partial charge < -0.3 is 20.3 Å². The van der Waals surface area contributed by atoms with Gasteiger partial charge in [-0.3, -0.25) is 9.59 Å². The Morgan fingerprint density at radius 3 is 2.73 bits per heavy atom. The number of benzene rings is 1. The molecule has 6 nitrogen and oxygen atoms in total. The summed E-state index contributed by atoms with van der Waals surface area (Å²) in [5, 5.41) is 6.52. The molecule has 1 aromatic rings. The van der Waals surface area contributed by atoms with Crippen molar-refractivity contribution in [1.29, 1.82) is 0 Å². The first-order valence-corrected chi connectivity index (χ1v) is 8.99. The molecule has 2 N–H and O–H groups in total. The molecular weight excluding hydrogens is 354 g/mol. The average Bonchev–Trinajstić information content (AvgIpc) is 2.96. The molecule has 0 bridgehead atoms. The molecular formula is C19H28ClN3O3. The highest BCUT2D eigenvalue weighted by Gasteiger charge is 2.35. The molecule has 0 spiro atoms. The zero-order valence-corrected chi connectivity index (χ0v) is 16.2. The van der Waals surface area contributed by atoms with Gasteiger partial charge in [0, 0.05) is 31.6 Å². The van der Waals surface area contributed by atoms with Crippen molar-refractivity contribution in [2.24, 2.45) is 5.92 Å². The van der Waals surface area contributed by atoms with Gasteiger partial charge in [-0.05, 0) is 44.0 Å². The molecule has 2 fully saturated rings. The van der Waals surface area contributed by atoms with E-state index in [1.54, 1.807) is 12.0 Å². The van der Waals surface area contributed by atoms with Gasteiger partial charge >= 0.3 is 0 Å². The minimum absolute atomic E-state index is 0. The van der Waals surface area contributed by atoms with E-state index in [1.807, 2.05) is 24.3 Å². The lowest BCUT2D eigenvalue weighted by Crippen LogP contribution is -2.48. The number of halogens is 1. The van der Waals surface area contributed by atoms with Crippen LogP contribution in [0.5, 0.6) is 5.75 Å². The van der Waals surface area contributed by atoms with Crippen LogP contribution in [0.2, 0.25) is 0 Å². The number of methoxy groups -OCH3 is 1. The Bertz CT molecular complexity index is 623. The second kappa shape index (κ2) is 9.24. The molecule has 26 heavy (non-hydrogen) atoms. The van der Waals surface area contributed by atoms with E-state index in [-0.39, 0.29) is 36.2 Å². The molecule has 2 aliphatic rings. The first-order chi connectivity index (χ1) is 12.0. The number of likely N-dealkylation sites (tertiary alicyclic amines) is 1. The van der Waals surface area contributed by atoms with Gasteiger partial charge in [-0.1, -0.05) is 12.1 Å². The summed E-state index contributed by atoms with van der Waals surface area (Å²) in [5.74, 6) is 0.625. The molecule has 2 heterocycles. The van der Waals surface area contributed by atoms with Crippen molar-refractivity contribution in [3.05, 3.63) is 29.8 Å². The molecule has 3 rings (SSSR count). The molecule has 0 radical (unpaired) electrons. The summed E-state index contributed by atoms with van der Waals surface area (Å²) in [6.07, 6.45) is 2.21. The van der Waals surface area contributed by atoms with E-state index in [0.717, 1.165) is 30.7 Å². The van der Waals surface area contributed by atoms with Gasteiger partial charge in [0.25, 0.3) is 0 Å². The lowest BCUT2D eigenvalue weighted by molar-refractivity contribution is -0.129. The molecule has 2 amide bonds. The number of carbonyl (C=O) groups excluding carboxylic acids is 2. The Labute approximate surface area is 161 Å². The highest BCUT2D eigenvalue weighted by Crippen LogP contribution is 2.22. The van der Waals surface area contributed by atoms with Gasteiger partial charge in [-0.25, -0.2) is 0 Å². The van der Waals surface area contributed by atoms with Crippen molar-refractivity contribution in [1.82, 2.24) is 15.5 Å².